The zero-order chi connectivity index (χ0) is 27.7. The normalized spacial score (nSPS) is 12.7. The number of hydrogen-bond acceptors (Lipinski definition) is 5. The van der Waals surface area contributed by atoms with Crippen LogP contribution in [0, 0.1) is 0 Å². The second-order valence-electron chi connectivity index (χ2n) is 9.78. The summed E-state index contributed by atoms with van der Waals surface area (Å²) in [6, 6.07) is 12.9. The van der Waals surface area contributed by atoms with Gasteiger partial charge in [0.2, 0.25) is 5.91 Å². The minimum atomic E-state index is -0.253. The van der Waals surface area contributed by atoms with E-state index in [1.54, 1.807) is 24.5 Å². The van der Waals surface area contributed by atoms with Crippen LogP contribution < -0.4 is 15.4 Å². The van der Waals surface area contributed by atoms with Gasteiger partial charge in [-0.1, -0.05) is 35.9 Å². The second-order valence-corrected chi connectivity index (χ2v) is 10.2. The zero-order valence-corrected chi connectivity index (χ0v) is 23.2. The molecule has 0 fully saturated rings. The molecule has 0 spiro atoms. The van der Waals surface area contributed by atoms with Crippen molar-refractivity contribution in [3.05, 3.63) is 71.1 Å². The van der Waals surface area contributed by atoms with Gasteiger partial charge in [-0.15, -0.1) is 0 Å². The molecule has 3 aromatic rings. The van der Waals surface area contributed by atoms with Gasteiger partial charge in [-0.05, 0) is 63.8 Å². The Morgan fingerprint density at radius 3 is 2.45 bits per heavy atom. The fraction of sp³-hybridized carbons (Fsp3) is 0.414. The van der Waals surface area contributed by atoms with Gasteiger partial charge >= 0.3 is 0 Å². The van der Waals surface area contributed by atoms with E-state index >= 15 is 0 Å². The van der Waals surface area contributed by atoms with Crippen molar-refractivity contribution in [1.82, 2.24) is 20.2 Å². The first-order valence-corrected chi connectivity index (χ1v) is 13.3. The summed E-state index contributed by atoms with van der Waals surface area (Å²) in [5.74, 6) is 0.256. The van der Waals surface area contributed by atoms with E-state index in [-0.39, 0.29) is 36.6 Å². The third-order valence-electron chi connectivity index (χ3n) is 6.00. The molecule has 2 amide bonds. The first kappa shape index (κ1) is 29.2. The van der Waals surface area contributed by atoms with Crippen molar-refractivity contribution in [3.8, 4) is 17.0 Å². The summed E-state index contributed by atoms with van der Waals surface area (Å²) >= 11 is 6.29. The maximum absolute atomic E-state index is 12.9. The Kier molecular flexibility index (Phi) is 10.7. The van der Waals surface area contributed by atoms with Gasteiger partial charge in [-0.3, -0.25) is 9.59 Å². The van der Waals surface area contributed by atoms with Gasteiger partial charge < -0.3 is 25.0 Å². The van der Waals surface area contributed by atoms with Gasteiger partial charge in [0, 0.05) is 49.5 Å². The fourth-order valence-electron chi connectivity index (χ4n) is 4.13. The summed E-state index contributed by atoms with van der Waals surface area (Å²) < 4.78 is 7.65. The molecular weight excluding hydrogens is 504 g/mol. The molecule has 0 radical (unpaired) electrons. The van der Waals surface area contributed by atoms with E-state index in [0.717, 1.165) is 29.8 Å². The molecule has 0 saturated heterocycles. The van der Waals surface area contributed by atoms with E-state index in [9.17, 15) is 14.7 Å². The molecular formula is C29H37ClN4O4. The second kappa shape index (κ2) is 14.0. The van der Waals surface area contributed by atoms with Crippen LogP contribution in [0.15, 0.2) is 55.0 Å². The Hall–Kier alpha value is -3.36. The van der Waals surface area contributed by atoms with Crippen LogP contribution >= 0.6 is 11.6 Å². The zero-order valence-electron chi connectivity index (χ0n) is 22.4. The van der Waals surface area contributed by atoms with E-state index in [2.05, 4.69) is 15.6 Å². The summed E-state index contributed by atoms with van der Waals surface area (Å²) in [6.45, 7) is 8.05. The van der Waals surface area contributed by atoms with Crippen LogP contribution in [0.4, 0.5) is 0 Å². The number of aromatic nitrogens is 2. The minimum Gasteiger partial charge on any atom is -0.489 e. The van der Waals surface area contributed by atoms with E-state index in [1.165, 1.54) is 6.92 Å². The van der Waals surface area contributed by atoms with Crippen molar-refractivity contribution in [2.45, 2.75) is 71.7 Å². The first-order valence-electron chi connectivity index (χ1n) is 12.9. The van der Waals surface area contributed by atoms with E-state index < -0.39 is 0 Å². The molecule has 3 rings (SSSR count). The quantitative estimate of drug-likeness (QED) is 0.293. The maximum atomic E-state index is 12.9. The van der Waals surface area contributed by atoms with Gasteiger partial charge in [0.25, 0.3) is 5.91 Å². The van der Waals surface area contributed by atoms with Gasteiger partial charge in [0.15, 0.2) is 0 Å². The number of nitrogens with zero attached hydrogens (tertiary/aromatic N) is 2. The van der Waals surface area contributed by atoms with Crippen LogP contribution in [0.2, 0.25) is 5.02 Å². The van der Waals surface area contributed by atoms with Crippen LogP contribution in [-0.2, 0) is 17.8 Å². The molecule has 3 N–H and O–H groups in total. The summed E-state index contributed by atoms with van der Waals surface area (Å²) in [6.07, 6.45) is 5.58. The lowest BCUT2D eigenvalue weighted by atomic mass is 10.0. The third kappa shape index (κ3) is 8.89. The minimum absolute atomic E-state index is 0.0202. The molecule has 0 bridgehead atoms. The molecule has 0 aliphatic carbocycles. The van der Waals surface area contributed by atoms with Crippen molar-refractivity contribution in [2.75, 3.05) is 6.61 Å². The summed E-state index contributed by atoms with van der Waals surface area (Å²) in [5, 5.41) is 15.8. The number of benzene rings is 2. The summed E-state index contributed by atoms with van der Waals surface area (Å²) in [7, 11) is 0. The molecule has 204 valence electrons. The summed E-state index contributed by atoms with van der Waals surface area (Å²) in [4.78, 5) is 28.6. The highest BCUT2D eigenvalue weighted by atomic mass is 35.5. The van der Waals surface area contributed by atoms with Crippen LogP contribution in [-0.4, -0.2) is 51.3 Å². The lowest BCUT2D eigenvalue weighted by Crippen LogP contribution is -2.37. The van der Waals surface area contributed by atoms with Crippen LogP contribution in [0.5, 0.6) is 5.75 Å². The monoisotopic (exact) mass is 540 g/mol. The van der Waals surface area contributed by atoms with E-state index in [4.69, 9.17) is 16.3 Å². The average Bonchev–Trinajstić information content (AvgIpc) is 3.33. The SMILES string of the molecule is CC(=O)NC(C)CCn1cnc(-c2ccc(C[C@@H](CCO)NC(=O)c3ccc(OC(C)C)c(Cl)c3)cc2)c1. The van der Waals surface area contributed by atoms with Crippen LogP contribution in [0.3, 0.4) is 0 Å². The molecule has 8 nitrogen and oxygen atoms in total. The number of aliphatic hydroxyl groups is 1. The van der Waals surface area contributed by atoms with Gasteiger partial charge in [0.1, 0.15) is 5.75 Å². The summed E-state index contributed by atoms with van der Waals surface area (Å²) in [5.41, 5.74) is 3.33. The fourth-order valence-corrected chi connectivity index (χ4v) is 4.36. The average molecular weight is 541 g/mol. The molecule has 9 heteroatoms. The largest absolute Gasteiger partial charge is 0.489 e. The van der Waals surface area contributed by atoms with Crippen molar-refractivity contribution in [1.29, 1.82) is 0 Å². The Bertz CT molecular complexity index is 1210. The highest BCUT2D eigenvalue weighted by molar-refractivity contribution is 6.32. The number of hydrogen-bond donors (Lipinski definition) is 3. The van der Waals surface area contributed by atoms with Gasteiger partial charge in [-0.2, -0.15) is 0 Å². The highest BCUT2D eigenvalue weighted by Gasteiger charge is 2.16. The molecule has 0 aliphatic rings. The van der Waals surface area contributed by atoms with Crippen molar-refractivity contribution >= 4 is 23.4 Å². The number of carbonyl (C=O) groups excluding carboxylic acids is 2. The predicted octanol–water partition coefficient (Wildman–Crippen LogP) is 4.63. The number of aryl methyl sites for hydroxylation is 1. The molecule has 38 heavy (non-hydrogen) atoms. The first-order chi connectivity index (χ1) is 18.1. The highest BCUT2D eigenvalue weighted by Crippen LogP contribution is 2.26. The van der Waals surface area contributed by atoms with Crippen LogP contribution in [0.1, 0.15) is 56.5 Å². The Morgan fingerprint density at radius 2 is 1.82 bits per heavy atom. The van der Waals surface area contributed by atoms with E-state index in [1.807, 2.05) is 55.8 Å². The Morgan fingerprint density at radius 1 is 1.08 bits per heavy atom. The molecule has 2 aromatic carbocycles. The predicted molar refractivity (Wildman–Crippen MR) is 149 cm³/mol. The lowest BCUT2D eigenvalue weighted by Gasteiger charge is -2.19. The molecule has 1 unspecified atom stereocenters. The van der Waals surface area contributed by atoms with Crippen molar-refractivity contribution in [2.24, 2.45) is 0 Å². The Balaban J connectivity index is 1.59. The molecule has 0 saturated carbocycles. The number of aliphatic hydroxyl groups excluding tert-OH is 1. The van der Waals surface area contributed by atoms with Crippen LogP contribution in [0.25, 0.3) is 11.3 Å². The number of carbonyl (C=O) groups is 2. The molecule has 2 atom stereocenters. The number of amides is 2. The van der Waals surface area contributed by atoms with Gasteiger partial charge in [-0.25, -0.2) is 4.98 Å². The third-order valence-corrected chi connectivity index (χ3v) is 6.30. The topological polar surface area (TPSA) is 105 Å². The van der Waals surface area contributed by atoms with Gasteiger partial charge in [0.05, 0.1) is 23.1 Å². The molecule has 1 aromatic heterocycles. The van der Waals surface area contributed by atoms with E-state index in [0.29, 0.717) is 29.2 Å². The lowest BCUT2D eigenvalue weighted by molar-refractivity contribution is -0.119. The smallest absolute Gasteiger partial charge is 0.251 e. The number of nitrogens with one attached hydrogen (secondary N) is 2. The number of rotatable bonds is 13. The van der Waals surface area contributed by atoms with Crippen molar-refractivity contribution in [3.63, 3.8) is 0 Å². The molecule has 1 heterocycles. The van der Waals surface area contributed by atoms with Crippen molar-refractivity contribution < 1.29 is 19.4 Å². The molecule has 0 aliphatic heterocycles. The number of halogens is 1. The maximum Gasteiger partial charge on any atom is 0.251 e. The number of imidazole rings is 1. The Labute approximate surface area is 229 Å². The number of ether oxygens (including phenoxy) is 1. The standard InChI is InChI=1S/C29H37ClN4O4/c1-19(2)38-28-10-9-24(16-26(28)30)29(37)33-25(12-14-35)15-22-5-7-23(8-6-22)27-17-34(18-31-27)13-11-20(3)32-21(4)36/h5-10,16-20,25,35H,11-15H2,1-4H3,(H,32,36)(H,33,37)/t20?,25-/m1/s1.